The second-order valence-electron chi connectivity index (χ2n) is 8.31. The first-order chi connectivity index (χ1) is 14.2. The van der Waals surface area contributed by atoms with Crippen LogP contribution in [0.15, 0.2) is 30.6 Å². The standard InChI is InChI=1S/C22H28N6O/c1-15-5-9-27(10-6-15)19-13-20(28-11-12-29-14-16(28)2)25-21-17(19)3-7-23-22(21)18-4-8-24-26-18/h3-4,7-8,13,15-16H,5-6,9-12,14H2,1-2H3,(H,24,26)/t16-/m1/s1. The number of H-pyrrole nitrogens is 1. The van der Waals surface area contributed by atoms with E-state index in [2.05, 4.69) is 51.0 Å². The Kier molecular flexibility index (Phi) is 4.83. The van der Waals surface area contributed by atoms with Gasteiger partial charge in [-0.25, -0.2) is 4.98 Å². The SMILES string of the molecule is CC1CCN(c2cc(N3CCOC[C@H]3C)nc3c(-c4ccn[nH]4)nccc23)CC1. The number of nitrogens with one attached hydrogen (secondary N) is 1. The van der Waals surface area contributed by atoms with Crippen LogP contribution in [0.25, 0.3) is 22.3 Å². The van der Waals surface area contributed by atoms with Crippen molar-refractivity contribution < 1.29 is 4.74 Å². The number of aromatic amines is 1. The van der Waals surface area contributed by atoms with Gasteiger partial charge in [0.1, 0.15) is 17.0 Å². The lowest BCUT2D eigenvalue weighted by atomic mass is 9.98. The Morgan fingerprint density at radius 1 is 1.10 bits per heavy atom. The van der Waals surface area contributed by atoms with Crippen molar-refractivity contribution in [3.8, 4) is 11.4 Å². The van der Waals surface area contributed by atoms with Gasteiger partial charge in [0, 0.05) is 49.2 Å². The van der Waals surface area contributed by atoms with Gasteiger partial charge in [-0.3, -0.25) is 10.1 Å². The zero-order chi connectivity index (χ0) is 19.8. The van der Waals surface area contributed by atoms with Crippen LogP contribution in [0, 0.1) is 5.92 Å². The minimum Gasteiger partial charge on any atom is -0.377 e. The molecule has 0 aromatic carbocycles. The summed E-state index contributed by atoms with van der Waals surface area (Å²) < 4.78 is 5.66. The molecule has 152 valence electrons. The maximum atomic E-state index is 5.66. The van der Waals surface area contributed by atoms with Gasteiger partial charge in [0.15, 0.2) is 0 Å². The fourth-order valence-electron chi connectivity index (χ4n) is 4.43. The third-order valence-corrected chi connectivity index (χ3v) is 6.23. The molecule has 0 radical (unpaired) electrons. The van der Waals surface area contributed by atoms with Crippen LogP contribution in [0.3, 0.4) is 0 Å². The number of ether oxygens (including phenoxy) is 1. The monoisotopic (exact) mass is 392 g/mol. The fourth-order valence-corrected chi connectivity index (χ4v) is 4.43. The number of nitrogens with zero attached hydrogens (tertiary/aromatic N) is 5. The predicted molar refractivity (Wildman–Crippen MR) is 115 cm³/mol. The molecule has 0 spiro atoms. The van der Waals surface area contributed by atoms with Crippen LogP contribution in [0.4, 0.5) is 11.5 Å². The van der Waals surface area contributed by atoms with Crippen LogP contribution >= 0.6 is 0 Å². The van der Waals surface area contributed by atoms with Crippen LogP contribution in [-0.2, 0) is 4.74 Å². The Labute approximate surface area is 171 Å². The van der Waals surface area contributed by atoms with Gasteiger partial charge in [-0.1, -0.05) is 6.92 Å². The minimum absolute atomic E-state index is 0.301. The smallest absolute Gasteiger partial charge is 0.131 e. The summed E-state index contributed by atoms with van der Waals surface area (Å²) >= 11 is 0. The molecule has 0 bridgehead atoms. The van der Waals surface area contributed by atoms with E-state index in [1.165, 1.54) is 18.5 Å². The molecule has 2 aliphatic heterocycles. The highest BCUT2D eigenvalue weighted by atomic mass is 16.5. The summed E-state index contributed by atoms with van der Waals surface area (Å²) in [4.78, 5) is 14.7. The number of aromatic nitrogens is 4. The largest absolute Gasteiger partial charge is 0.377 e. The van der Waals surface area contributed by atoms with E-state index in [4.69, 9.17) is 9.72 Å². The van der Waals surface area contributed by atoms with Crippen molar-refractivity contribution in [2.45, 2.75) is 32.7 Å². The molecular formula is C22H28N6O. The molecule has 0 unspecified atom stereocenters. The molecule has 2 aliphatic rings. The van der Waals surface area contributed by atoms with Gasteiger partial charge in [0.25, 0.3) is 0 Å². The van der Waals surface area contributed by atoms with Gasteiger partial charge in [0.05, 0.1) is 24.9 Å². The van der Waals surface area contributed by atoms with Crippen molar-refractivity contribution in [3.63, 3.8) is 0 Å². The average molecular weight is 393 g/mol. The molecule has 29 heavy (non-hydrogen) atoms. The quantitative estimate of drug-likeness (QED) is 0.736. The Balaban J connectivity index is 1.68. The van der Waals surface area contributed by atoms with E-state index in [0.29, 0.717) is 6.04 Å². The molecule has 5 rings (SSSR count). The third kappa shape index (κ3) is 3.44. The number of rotatable bonds is 3. The Morgan fingerprint density at radius 3 is 2.72 bits per heavy atom. The van der Waals surface area contributed by atoms with Crippen molar-refractivity contribution >= 4 is 22.4 Å². The number of anilines is 2. The van der Waals surface area contributed by atoms with E-state index in [9.17, 15) is 0 Å². The lowest BCUT2D eigenvalue weighted by Gasteiger charge is -2.37. The van der Waals surface area contributed by atoms with Crippen LogP contribution < -0.4 is 9.80 Å². The molecule has 1 N–H and O–H groups in total. The molecule has 1 atom stereocenters. The summed E-state index contributed by atoms with van der Waals surface area (Å²) in [5, 5.41) is 8.33. The molecular weight excluding hydrogens is 364 g/mol. The van der Waals surface area contributed by atoms with E-state index in [-0.39, 0.29) is 0 Å². The predicted octanol–water partition coefficient (Wildman–Crippen LogP) is 3.48. The van der Waals surface area contributed by atoms with Crippen molar-refractivity contribution in [3.05, 3.63) is 30.6 Å². The first kappa shape index (κ1) is 18.4. The fraction of sp³-hybridized carbons (Fsp3) is 0.500. The molecule has 0 aliphatic carbocycles. The maximum Gasteiger partial charge on any atom is 0.131 e. The van der Waals surface area contributed by atoms with Crippen molar-refractivity contribution in [2.24, 2.45) is 5.92 Å². The molecule has 3 aromatic heterocycles. The summed E-state index contributed by atoms with van der Waals surface area (Å²) in [5.41, 5.74) is 3.95. The normalized spacial score (nSPS) is 21.1. The van der Waals surface area contributed by atoms with Crippen LogP contribution in [0.2, 0.25) is 0 Å². The van der Waals surface area contributed by atoms with Gasteiger partial charge in [-0.15, -0.1) is 0 Å². The summed E-state index contributed by atoms with van der Waals surface area (Å²) in [7, 11) is 0. The molecule has 2 fully saturated rings. The van der Waals surface area contributed by atoms with Crippen LogP contribution in [0.1, 0.15) is 26.7 Å². The van der Waals surface area contributed by atoms with Crippen LogP contribution in [0.5, 0.6) is 0 Å². The zero-order valence-corrected chi connectivity index (χ0v) is 17.1. The highest BCUT2D eigenvalue weighted by Gasteiger charge is 2.25. The zero-order valence-electron chi connectivity index (χ0n) is 17.1. The van der Waals surface area contributed by atoms with E-state index in [1.54, 1.807) is 6.20 Å². The molecule has 2 saturated heterocycles. The summed E-state index contributed by atoms with van der Waals surface area (Å²) in [5.74, 6) is 1.80. The topological polar surface area (TPSA) is 70.2 Å². The molecule has 0 amide bonds. The van der Waals surface area contributed by atoms with Gasteiger partial charge >= 0.3 is 0 Å². The number of pyridine rings is 2. The Bertz CT molecular complexity index is 980. The van der Waals surface area contributed by atoms with Crippen molar-refractivity contribution in [1.82, 2.24) is 20.2 Å². The second-order valence-corrected chi connectivity index (χ2v) is 8.31. The van der Waals surface area contributed by atoms with E-state index in [0.717, 1.165) is 66.9 Å². The second kappa shape index (κ2) is 7.63. The lowest BCUT2D eigenvalue weighted by Crippen LogP contribution is -2.44. The maximum absolute atomic E-state index is 5.66. The number of piperidine rings is 1. The summed E-state index contributed by atoms with van der Waals surface area (Å²) in [6.07, 6.45) is 6.10. The third-order valence-electron chi connectivity index (χ3n) is 6.23. The van der Waals surface area contributed by atoms with Gasteiger partial charge in [-0.05, 0) is 37.8 Å². The lowest BCUT2D eigenvalue weighted by molar-refractivity contribution is 0.0986. The molecule has 3 aromatic rings. The highest BCUT2D eigenvalue weighted by Crippen LogP contribution is 2.36. The molecule has 0 saturated carbocycles. The number of hydrogen-bond donors (Lipinski definition) is 1. The summed E-state index contributed by atoms with van der Waals surface area (Å²) in [6, 6.07) is 6.63. The Morgan fingerprint density at radius 2 is 1.97 bits per heavy atom. The molecule has 7 heteroatoms. The van der Waals surface area contributed by atoms with Crippen LogP contribution in [-0.4, -0.2) is 59.1 Å². The summed E-state index contributed by atoms with van der Waals surface area (Å²) in [6.45, 7) is 9.04. The first-order valence-corrected chi connectivity index (χ1v) is 10.6. The average Bonchev–Trinajstić information content (AvgIpc) is 3.28. The highest BCUT2D eigenvalue weighted by molar-refractivity contribution is 6.00. The van der Waals surface area contributed by atoms with E-state index in [1.807, 2.05) is 12.3 Å². The van der Waals surface area contributed by atoms with E-state index < -0.39 is 0 Å². The Hall–Kier alpha value is -2.67. The molecule has 5 heterocycles. The van der Waals surface area contributed by atoms with Crippen molar-refractivity contribution in [2.75, 3.05) is 42.6 Å². The van der Waals surface area contributed by atoms with Gasteiger partial charge < -0.3 is 14.5 Å². The molecule has 7 nitrogen and oxygen atoms in total. The van der Waals surface area contributed by atoms with Gasteiger partial charge in [-0.2, -0.15) is 5.10 Å². The number of hydrogen-bond acceptors (Lipinski definition) is 6. The first-order valence-electron chi connectivity index (χ1n) is 10.6. The number of morpholine rings is 1. The number of fused-ring (bicyclic) bond motifs is 1. The van der Waals surface area contributed by atoms with E-state index >= 15 is 0 Å². The minimum atomic E-state index is 0.301. The van der Waals surface area contributed by atoms with Crippen molar-refractivity contribution in [1.29, 1.82) is 0 Å². The van der Waals surface area contributed by atoms with Gasteiger partial charge in [0.2, 0.25) is 0 Å².